The zero-order chi connectivity index (χ0) is 23.3. The van der Waals surface area contributed by atoms with Crippen LogP contribution in [-0.2, 0) is 16.1 Å². The first-order valence-corrected chi connectivity index (χ1v) is 10.1. The molecule has 1 heterocycles. The van der Waals surface area contributed by atoms with Crippen molar-refractivity contribution >= 4 is 39.7 Å². The third-order valence-corrected chi connectivity index (χ3v) is 5.21. The van der Waals surface area contributed by atoms with E-state index in [9.17, 15) is 19.7 Å². The number of nitrogens with zero attached hydrogens (tertiary/aromatic N) is 3. The molecule has 10 nitrogen and oxygen atoms in total. The Balaban J connectivity index is 1.76. The van der Waals surface area contributed by atoms with E-state index < -0.39 is 10.9 Å². The van der Waals surface area contributed by atoms with Gasteiger partial charge in [-0.05, 0) is 24.3 Å². The minimum atomic E-state index is -0.751. The first-order chi connectivity index (χ1) is 15.3. The molecule has 3 aromatic rings. The van der Waals surface area contributed by atoms with Gasteiger partial charge in [0, 0.05) is 18.4 Å². The molecule has 0 bridgehead atoms. The van der Waals surface area contributed by atoms with Crippen molar-refractivity contribution < 1.29 is 28.7 Å². The number of nitro groups is 1. The van der Waals surface area contributed by atoms with Gasteiger partial charge in [0.2, 0.25) is 5.91 Å². The van der Waals surface area contributed by atoms with Gasteiger partial charge >= 0.3 is 11.7 Å². The molecule has 0 saturated carbocycles. The number of ether oxygens (including phenoxy) is 3. The number of aromatic nitrogens is 1. The van der Waals surface area contributed by atoms with Gasteiger partial charge in [0.15, 0.2) is 10.9 Å². The number of rotatable bonds is 8. The van der Waals surface area contributed by atoms with Crippen molar-refractivity contribution in [3.8, 4) is 11.5 Å². The zero-order valence-corrected chi connectivity index (χ0v) is 18.3. The van der Waals surface area contributed by atoms with Gasteiger partial charge in [-0.2, -0.15) is 0 Å². The molecule has 0 spiro atoms. The molecule has 2 aromatic carbocycles. The largest absolute Gasteiger partial charge is 0.495 e. The van der Waals surface area contributed by atoms with Crippen molar-refractivity contribution in [2.24, 2.45) is 0 Å². The lowest BCUT2D eigenvalue weighted by Gasteiger charge is -2.20. The van der Waals surface area contributed by atoms with Crippen LogP contribution in [0.5, 0.6) is 11.5 Å². The Morgan fingerprint density at radius 2 is 1.84 bits per heavy atom. The SMILES string of the molecule is COc1ccccc1N(C(C)=O)c1nc(COC(=O)c2ccc(OC)c([N+](=O)[O-])c2)cs1. The van der Waals surface area contributed by atoms with Gasteiger partial charge in [0.1, 0.15) is 12.4 Å². The Hall–Kier alpha value is -3.99. The Morgan fingerprint density at radius 3 is 2.50 bits per heavy atom. The summed E-state index contributed by atoms with van der Waals surface area (Å²) in [5.41, 5.74) is 0.618. The maximum absolute atomic E-state index is 12.4. The van der Waals surface area contributed by atoms with E-state index in [0.29, 0.717) is 22.3 Å². The standard InChI is InChI=1S/C21H19N3O7S/c1-13(25)23(16-6-4-5-7-18(16)29-2)21-22-15(12-32-21)11-31-20(26)14-8-9-19(30-3)17(10-14)24(27)28/h4-10,12H,11H2,1-3H3. The van der Waals surface area contributed by atoms with E-state index in [-0.39, 0.29) is 29.5 Å². The van der Waals surface area contributed by atoms with Crippen LogP contribution in [0.4, 0.5) is 16.5 Å². The number of nitro benzene ring substituents is 1. The fourth-order valence-corrected chi connectivity index (χ4v) is 3.73. The van der Waals surface area contributed by atoms with Crippen molar-refractivity contribution in [1.82, 2.24) is 4.98 Å². The van der Waals surface area contributed by atoms with Crippen molar-refractivity contribution in [2.75, 3.05) is 19.1 Å². The Morgan fingerprint density at radius 1 is 1.12 bits per heavy atom. The number of hydrogen-bond donors (Lipinski definition) is 0. The van der Waals surface area contributed by atoms with Crippen molar-refractivity contribution in [3.63, 3.8) is 0 Å². The molecule has 0 saturated heterocycles. The highest BCUT2D eigenvalue weighted by Crippen LogP contribution is 2.35. The number of carbonyl (C=O) groups excluding carboxylic acids is 2. The number of thiazole rings is 1. The highest BCUT2D eigenvalue weighted by Gasteiger charge is 2.22. The number of hydrogen-bond acceptors (Lipinski definition) is 9. The average molecular weight is 457 g/mol. The van der Waals surface area contributed by atoms with Crippen LogP contribution in [-0.4, -0.2) is 36.0 Å². The zero-order valence-electron chi connectivity index (χ0n) is 17.4. The first kappa shape index (κ1) is 22.7. The number of para-hydroxylation sites is 2. The van der Waals surface area contributed by atoms with Gasteiger partial charge in [-0.3, -0.25) is 19.8 Å². The highest BCUT2D eigenvalue weighted by molar-refractivity contribution is 7.14. The predicted octanol–water partition coefficient (Wildman–Crippen LogP) is 4.11. The lowest BCUT2D eigenvalue weighted by Crippen LogP contribution is -2.23. The van der Waals surface area contributed by atoms with Gasteiger partial charge in [0.25, 0.3) is 0 Å². The van der Waals surface area contributed by atoms with E-state index in [2.05, 4.69) is 4.98 Å². The summed E-state index contributed by atoms with van der Waals surface area (Å²) in [7, 11) is 2.81. The van der Waals surface area contributed by atoms with Gasteiger partial charge in [-0.15, -0.1) is 11.3 Å². The fraction of sp³-hybridized carbons (Fsp3) is 0.190. The third-order valence-electron chi connectivity index (χ3n) is 4.33. The Kier molecular flexibility index (Phi) is 7.00. The number of carbonyl (C=O) groups is 2. The molecule has 1 aromatic heterocycles. The second-order valence-electron chi connectivity index (χ2n) is 6.37. The summed E-state index contributed by atoms with van der Waals surface area (Å²) in [6.07, 6.45) is 0. The molecule has 0 fully saturated rings. The Labute approximate surface area is 187 Å². The Bertz CT molecular complexity index is 1160. The molecule has 0 aliphatic carbocycles. The topological polar surface area (TPSA) is 121 Å². The molecular formula is C21H19N3O7S. The maximum Gasteiger partial charge on any atom is 0.338 e. The van der Waals surface area contributed by atoms with Gasteiger partial charge in [0.05, 0.1) is 36.1 Å². The smallest absolute Gasteiger partial charge is 0.338 e. The number of methoxy groups -OCH3 is 2. The summed E-state index contributed by atoms with van der Waals surface area (Å²) in [5, 5.41) is 13.2. The average Bonchev–Trinajstić information content (AvgIpc) is 3.25. The fourth-order valence-electron chi connectivity index (χ4n) is 2.87. The van der Waals surface area contributed by atoms with Crippen LogP contribution in [0.3, 0.4) is 0 Å². The molecule has 0 radical (unpaired) electrons. The summed E-state index contributed by atoms with van der Waals surface area (Å²) in [4.78, 5) is 40.9. The van der Waals surface area contributed by atoms with E-state index in [1.165, 1.54) is 49.5 Å². The molecule has 0 unspecified atom stereocenters. The summed E-state index contributed by atoms with van der Waals surface area (Å²) in [6, 6.07) is 10.8. The lowest BCUT2D eigenvalue weighted by atomic mass is 10.2. The second kappa shape index (κ2) is 9.88. The minimum Gasteiger partial charge on any atom is -0.495 e. The quantitative estimate of drug-likeness (QED) is 0.281. The molecule has 1 amide bonds. The van der Waals surface area contributed by atoms with E-state index in [1.807, 2.05) is 0 Å². The second-order valence-corrected chi connectivity index (χ2v) is 7.20. The molecule has 3 rings (SSSR count). The van der Waals surface area contributed by atoms with E-state index in [1.54, 1.807) is 29.6 Å². The molecule has 0 aliphatic heterocycles. The minimum absolute atomic E-state index is 0.00679. The van der Waals surface area contributed by atoms with E-state index in [4.69, 9.17) is 14.2 Å². The summed E-state index contributed by atoms with van der Waals surface area (Å²) in [6.45, 7) is 1.23. The molecule has 0 atom stereocenters. The highest BCUT2D eigenvalue weighted by atomic mass is 32.1. The van der Waals surface area contributed by atoms with E-state index in [0.717, 1.165) is 6.07 Å². The van der Waals surface area contributed by atoms with Crippen molar-refractivity contribution in [3.05, 3.63) is 69.2 Å². The predicted molar refractivity (Wildman–Crippen MR) is 117 cm³/mol. The molecule has 11 heteroatoms. The van der Waals surface area contributed by atoms with E-state index >= 15 is 0 Å². The van der Waals surface area contributed by atoms with Gasteiger partial charge < -0.3 is 14.2 Å². The maximum atomic E-state index is 12.4. The number of amides is 1. The van der Waals surface area contributed by atoms with Crippen LogP contribution in [0.15, 0.2) is 47.8 Å². The van der Waals surface area contributed by atoms with Gasteiger partial charge in [-0.25, -0.2) is 9.78 Å². The molecule has 166 valence electrons. The molecular weight excluding hydrogens is 438 g/mol. The molecule has 0 N–H and O–H groups in total. The summed E-state index contributed by atoms with van der Waals surface area (Å²) < 4.78 is 15.5. The van der Waals surface area contributed by atoms with Crippen molar-refractivity contribution in [2.45, 2.75) is 13.5 Å². The van der Waals surface area contributed by atoms with Crippen LogP contribution >= 0.6 is 11.3 Å². The lowest BCUT2D eigenvalue weighted by molar-refractivity contribution is -0.385. The number of benzene rings is 2. The normalized spacial score (nSPS) is 10.3. The van der Waals surface area contributed by atoms with Crippen LogP contribution < -0.4 is 14.4 Å². The summed E-state index contributed by atoms with van der Waals surface area (Å²) >= 11 is 1.20. The summed E-state index contributed by atoms with van der Waals surface area (Å²) in [5.74, 6) is -0.472. The first-order valence-electron chi connectivity index (χ1n) is 9.23. The van der Waals surface area contributed by atoms with Crippen LogP contribution in [0.1, 0.15) is 23.0 Å². The number of esters is 1. The monoisotopic (exact) mass is 457 g/mol. The van der Waals surface area contributed by atoms with Gasteiger partial charge in [-0.1, -0.05) is 12.1 Å². The third kappa shape index (κ3) is 4.83. The molecule has 32 heavy (non-hydrogen) atoms. The van der Waals surface area contributed by atoms with Crippen LogP contribution in [0.2, 0.25) is 0 Å². The van der Waals surface area contributed by atoms with Crippen molar-refractivity contribution in [1.29, 1.82) is 0 Å². The molecule has 0 aliphatic rings. The van der Waals surface area contributed by atoms with Crippen LogP contribution in [0.25, 0.3) is 0 Å². The van der Waals surface area contributed by atoms with Crippen LogP contribution in [0, 0.1) is 10.1 Å². The number of anilines is 2.